The van der Waals surface area contributed by atoms with Crippen LogP contribution in [0.3, 0.4) is 0 Å². The van der Waals surface area contributed by atoms with Crippen LogP contribution in [0.1, 0.15) is 0 Å². The van der Waals surface area contributed by atoms with E-state index in [2.05, 4.69) is 38.5 Å². The quantitative estimate of drug-likeness (QED) is 0.665. The number of hydrogen-bond acceptors (Lipinski definition) is 2. The highest BCUT2D eigenvalue weighted by atomic mass is 127. The molecule has 0 aromatic heterocycles. The fraction of sp³-hybridized carbons (Fsp3) is 0. The Morgan fingerprint density at radius 2 is 2.18 bits per heavy atom. The molecule has 1 radical (unpaired) electrons. The molecular formula is C6H4BBrIO2. The van der Waals surface area contributed by atoms with Gasteiger partial charge in [0.15, 0.2) is 0 Å². The lowest BCUT2D eigenvalue weighted by Crippen LogP contribution is -1.99. The van der Waals surface area contributed by atoms with E-state index in [0.29, 0.717) is 13.4 Å². The van der Waals surface area contributed by atoms with Gasteiger partial charge in [0.1, 0.15) is 5.75 Å². The molecule has 0 aliphatic rings. The molecule has 0 amide bonds. The van der Waals surface area contributed by atoms with Crippen LogP contribution in [-0.2, 0) is 0 Å². The summed E-state index contributed by atoms with van der Waals surface area (Å²) in [5.41, 5.74) is 0. The lowest BCUT2D eigenvalue weighted by Gasteiger charge is -2.01. The molecule has 0 aliphatic carbocycles. The highest BCUT2D eigenvalue weighted by molar-refractivity contribution is 14.1. The summed E-state index contributed by atoms with van der Waals surface area (Å²) in [4.78, 5) is 0. The third kappa shape index (κ3) is 3.00. The predicted molar refractivity (Wildman–Crippen MR) is 55.5 cm³/mol. The lowest BCUT2D eigenvalue weighted by atomic mass is 10.3. The maximum Gasteiger partial charge on any atom is 0.569 e. The van der Waals surface area contributed by atoms with E-state index in [4.69, 9.17) is 9.68 Å². The van der Waals surface area contributed by atoms with Gasteiger partial charge in [0.05, 0.1) is 0 Å². The molecule has 1 N–H and O–H groups in total. The minimum atomic E-state index is 0.617. The summed E-state index contributed by atoms with van der Waals surface area (Å²) in [6, 6.07) is 5.54. The lowest BCUT2D eigenvalue weighted by molar-refractivity contribution is 0.453. The van der Waals surface area contributed by atoms with Crippen molar-refractivity contribution in [2.24, 2.45) is 0 Å². The Hall–Kier alpha value is 0.255. The van der Waals surface area contributed by atoms with E-state index >= 15 is 0 Å². The third-order valence-corrected chi connectivity index (χ3v) is 2.11. The van der Waals surface area contributed by atoms with Crippen LogP contribution < -0.4 is 4.65 Å². The zero-order valence-corrected chi connectivity index (χ0v) is 9.16. The number of halogens is 2. The first-order chi connectivity index (χ1) is 5.22. The predicted octanol–water partition coefficient (Wildman–Crippen LogP) is 1.96. The Bertz CT molecular complexity index is 236. The molecule has 1 aromatic rings. The topological polar surface area (TPSA) is 29.5 Å². The van der Waals surface area contributed by atoms with E-state index in [9.17, 15) is 0 Å². The van der Waals surface area contributed by atoms with Gasteiger partial charge < -0.3 is 9.68 Å². The third-order valence-electron chi connectivity index (χ3n) is 1.02. The van der Waals surface area contributed by atoms with Crippen LogP contribution in [0, 0.1) is 3.57 Å². The first-order valence-corrected chi connectivity index (χ1v) is 4.68. The number of hydrogen-bond donors (Lipinski definition) is 1. The summed E-state index contributed by atoms with van der Waals surface area (Å²) in [6.07, 6.45) is 0. The molecule has 0 spiro atoms. The molecule has 57 valence electrons. The highest BCUT2D eigenvalue weighted by Crippen LogP contribution is 2.21. The summed E-state index contributed by atoms with van der Waals surface area (Å²) in [5, 5.41) is 8.34. The molecular weight excluding hydrogens is 322 g/mol. The van der Waals surface area contributed by atoms with Gasteiger partial charge in [-0.15, -0.1) is 0 Å². The van der Waals surface area contributed by atoms with E-state index in [1.807, 2.05) is 12.1 Å². The zero-order valence-electron chi connectivity index (χ0n) is 5.42. The minimum Gasteiger partial charge on any atom is -0.537 e. The average molecular weight is 326 g/mol. The smallest absolute Gasteiger partial charge is 0.537 e. The van der Waals surface area contributed by atoms with Crippen molar-refractivity contribution in [2.45, 2.75) is 0 Å². The van der Waals surface area contributed by atoms with E-state index in [1.165, 1.54) is 0 Å². The van der Waals surface area contributed by atoms with Gasteiger partial charge in [0.25, 0.3) is 0 Å². The molecule has 0 bridgehead atoms. The van der Waals surface area contributed by atoms with Crippen LogP contribution in [0.15, 0.2) is 22.7 Å². The maximum atomic E-state index is 8.34. The van der Waals surface area contributed by atoms with Crippen molar-refractivity contribution < 1.29 is 9.68 Å². The molecule has 0 heterocycles. The Labute approximate surface area is 87.5 Å². The van der Waals surface area contributed by atoms with Gasteiger partial charge in [0, 0.05) is 8.04 Å². The molecule has 1 aromatic carbocycles. The van der Waals surface area contributed by atoms with Crippen molar-refractivity contribution in [1.29, 1.82) is 0 Å². The van der Waals surface area contributed by atoms with E-state index < -0.39 is 0 Å². The zero-order chi connectivity index (χ0) is 8.27. The van der Waals surface area contributed by atoms with Gasteiger partial charge in [-0.05, 0) is 40.8 Å². The molecule has 0 saturated carbocycles. The Balaban J connectivity index is 2.89. The van der Waals surface area contributed by atoms with Gasteiger partial charge in [-0.25, -0.2) is 0 Å². The van der Waals surface area contributed by atoms with Crippen LogP contribution in [0.5, 0.6) is 5.75 Å². The molecule has 0 aliphatic heterocycles. The molecule has 0 unspecified atom stereocenters. The molecule has 1 rings (SSSR count). The fourth-order valence-corrected chi connectivity index (χ4v) is 2.20. The van der Waals surface area contributed by atoms with Crippen LogP contribution >= 0.6 is 38.5 Å². The summed E-state index contributed by atoms with van der Waals surface area (Å²) in [6.45, 7) is 0. The number of rotatable bonds is 2. The van der Waals surface area contributed by atoms with Crippen molar-refractivity contribution in [1.82, 2.24) is 0 Å². The summed E-state index contributed by atoms with van der Waals surface area (Å²) in [5.74, 6) is 0.617. The Morgan fingerprint density at radius 1 is 1.45 bits per heavy atom. The standard InChI is InChI=1S/C6H4BBrIO2/c8-4-1-5(9)3-6(2-4)11-7-10/h1-3,10H. The van der Waals surface area contributed by atoms with Crippen molar-refractivity contribution >= 4 is 46.2 Å². The second-order valence-corrected chi connectivity index (χ2v) is 3.99. The second-order valence-electron chi connectivity index (χ2n) is 1.83. The summed E-state index contributed by atoms with van der Waals surface area (Å²) >= 11 is 5.47. The SMILES string of the molecule is O[B]Oc1cc(Br)cc(I)c1. The first-order valence-electron chi connectivity index (χ1n) is 2.81. The minimum absolute atomic E-state index is 0.617. The second kappa shape index (κ2) is 4.32. The molecule has 11 heavy (non-hydrogen) atoms. The molecule has 5 heteroatoms. The summed E-state index contributed by atoms with van der Waals surface area (Å²) < 4.78 is 6.74. The maximum absolute atomic E-state index is 8.34. The van der Waals surface area contributed by atoms with Crippen LogP contribution in [0.2, 0.25) is 0 Å². The Morgan fingerprint density at radius 3 is 2.73 bits per heavy atom. The monoisotopic (exact) mass is 325 g/mol. The summed E-state index contributed by atoms with van der Waals surface area (Å²) in [7, 11) is 0.665. The first kappa shape index (κ1) is 9.34. The molecule has 0 saturated heterocycles. The largest absolute Gasteiger partial charge is 0.569 e. The van der Waals surface area contributed by atoms with Gasteiger partial charge in [-0.3, -0.25) is 0 Å². The molecule has 0 atom stereocenters. The van der Waals surface area contributed by atoms with Crippen molar-refractivity contribution in [3.05, 3.63) is 26.2 Å². The van der Waals surface area contributed by atoms with Crippen molar-refractivity contribution in [3.8, 4) is 5.75 Å². The molecule has 2 nitrogen and oxygen atoms in total. The van der Waals surface area contributed by atoms with Gasteiger partial charge in [-0.2, -0.15) is 0 Å². The Kier molecular flexibility index (Phi) is 3.67. The fourth-order valence-electron chi connectivity index (χ4n) is 0.657. The van der Waals surface area contributed by atoms with Crippen LogP contribution in [0.25, 0.3) is 0 Å². The van der Waals surface area contributed by atoms with Crippen LogP contribution in [0.4, 0.5) is 0 Å². The highest BCUT2D eigenvalue weighted by Gasteiger charge is 1.97. The van der Waals surface area contributed by atoms with E-state index in [-0.39, 0.29) is 0 Å². The normalized spacial score (nSPS) is 9.36. The van der Waals surface area contributed by atoms with Crippen molar-refractivity contribution in [3.63, 3.8) is 0 Å². The number of benzene rings is 1. The van der Waals surface area contributed by atoms with E-state index in [0.717, 1.165) is 8.04 Å². The molecule has 0 fully saturated rings. The van der Waals surface area contributed by atoms with E-state index in [1.54, 1.807) is 6.07 Å². The van der Waals surface area contributed by atoms with Gasteiger partial charge in [-0.1, -0.05) is 15.9 Å². The van der Waals surface area contributed by atoms with Gasteiger partial charge >= 0.3 is 7.69 Å². The van der Waals surface area contributed by atoms with Crippen molar-refractivity contribution in [2.75, 3.05) is 0 Å². The average Bonchev–Trinajstić information content (AvgIpc) is 1.85. The van der Waals surface area contributed by atoms with Gasteiger partial charge in [0.2, 0.25) is 0 Å². The van der Waals surface area contributed by atoms with Crippen LogP contribution in [-0.4, -0.2) is 12.7 Å².